The summed E-state index contributed by atoms with van der Waals surface area (Å²) in [4.78, 5) is 11.8. The zero-order chi connectivity index (χ0) is 16.2. The van der Waals surface area contributed by atoms with Gasteiger partial charge in [0.25, 0.3) is 5.91 Å². The van der Waals surface area contributed by atoms with E-state index in [0.29, 0.717) is 0 Å². The number of hydrogen-bond donors (Lipinski definition) is 1. The fraction of sp³-hybridized carbons (Fsp3) is 0.462. The van der Waals surface area contributed by atoms with Crippen LogP contribution in [0.2, 0.25) is 5.02 Å². The van der Waals surface area contributed by atoms with E-state index in [1.54, 1.807) is 20.8 Å². The molecule has 118 valence electrons. The summed E-state index contributed by atoms with van der Waals surface area (Å²) in [6.07, 6.45) is 0. The third-order valence-corrected chi connectivity index (χ3v) is 2.93. The summed E-state index contributed by atoms with van der Waals surface area (Å²) in [7, 11) is 0. The molecule has 1 rings (SSSR count). The monoisotopic (exact) mass is 385 g/mol. The minimum Gasteiger partial charge on any atom is -0.431 e. The molecule has 4 nitrogen and oxygen atoms in total. The Bertz CT molecular complexity index is 521. The van der Waals surface area contributed by atoms with Gasteiger partial charge in [0, 0.05) is 5.02 Å². The lowest BCUT2D eigenvalue weighted by atomic mass is 10.2. The van der Waals surface area contributed by atoms with Crippen LogP contribution in [0.3, 0.4) is 0 Å². The third kappa shape index (κ3) is 6.58. The fourth-order valence-corrected chi connectivity index (χ4v) is 2.23. The number of carbonyl (C=O) groups is 1. The molecular formula is C13H15BrClF2NO3. The summed E-state index contributed by atoms with van der Waals surface area (Å²) in [5, 5.41) is 2.69. The molecule has 1 aromatic carbocycles. The SMILES string of the molecule is CC(C)(C)OCC(=O)Nc1cc(Cl)cc(Br)c1OC(F)F. The van der Waals surface area contributed by atoms with Gasteiger partial charge in [0.05, 0.1) is 15.8 Å². The Morgan fingerprint density at radius 2 is 2.05 bits per heavy atom. The van der Waals surface area contributed by atoms with E-state index in [4.69, 9.17) is 16.3 Å². The van der Waals surface area contributed by atoms with Crippen molar-refractivity contribution >= 4 is 39.1 Å². The molecule has 1 N–H and O–H groups in total. The second-order valence-corrected chi connectivity index (χ2v) is 6.38. The van der Waals surface area contributed by atoms with Gasteiger partial charge in [-0.15, -0.1) is 0 Å². The number of rotatable bonds is 5. The van der Waals surface area contributed by atoms with Gasteiger partial charge in [-0.2, -0.15) is 8.78 Å². The molecule has 0 saturated carbocycles. The average molecular weight is 387 g/mol. The first-order valence-corrected chi connectivity index (χ1v) is 7.13. The maximum atomic E-state index is 12.4. The molecular weight excluding hydrogens is 372 g/mol. The highest BCUT2D eigenvalue weighted by Gasteiger charge is 2.18. The van der Waals surface area contributed by atoms with Crippen molar-refractivity contribution in [3.05, 3.63) is 21.6 Å². The molecule has 0 aliphatic carbocycles. The van der Waals surface area contributed by atoms with E-state index in [9.17, 15) is 13.6 Å². The van der Waals surface area contributed by atoms with Gasteiger partial charge in [0.15, 0.2) is 5.75 Å². The molecule has 8 heteroatoms. The second kappa shape index (κ2) is 7.38. The zero-order valence-corrected chi connectivity index (χ0v) is 14.0. The molecule has 0 atom stereocenters. The first kappa shape index (κ1) is 18.1. The number of anilines is 1. The smallest absolute Gasteiger partial charge is 0.387 e. The zero-order valence-electron chi connectivity index (χ0n) is 11.7. The highest BCUT2D eigenvalue weighted by Crippen LogP contribution is 2.37. The highest BCUT2D eigenvalue weighted by molar-refractivity contribution is 9.10. The van der Waals surface area contributed by atoms with Gasteiger partial charge in [-0.1, -0.05) is 11.6 Å². The van der Waals surface area contributed by atoms with Crippen LogP contribution in [-0.4, -0.2) is 24.7 Å². The Kier molecular flexibility index (Phi) is 6.37. The summed E-state index contributed by atoms with van der Waals surface area (Å²) in [5.41, 5.74) is -0.452. The third-order valence-electron chi connectivity index (χ3n) is 2.13. The molecule has 0 unspecified atom stereocenters. The van der Waals surface area contributed by atoms with Crippen molar-refractivity contribution in [2.75, 3.05) is 11.9 Å². The summed E-state index contributed by atoms with van der Waals surface area (Å²) in [5.74, 6) is -0.697. The number of alkyl halides is 2. The molecule has 0 radical (unpaired) electrons. The van der Waals surface area contributed by atoms with Crippen molar-refractivity contribution in [2.45, 2.75) is 33.0 Å². The van der Waals surface area contributed by atoms with E-state index >= 15 is 0 Å². The number of ether oxygens (including phenoxy) is 2. The van der Waals surface area contributed by atoms with Crippen LogP contribution in [0.15, 0.2) is 16.6 Å². The average Bonchev–Trinajstić information content (AvgIpc) is 2.30. The van der Waals surface area contributed by atoms with Crippen LogP contribution in [0, 0.1) is 0 Å². The predicted octanol–water partition coefficient (Wildman–Crippen LogP) is 4.46. The first-order chi connectivity index (χ1) is 9.58. The highest BCUT2D eigenvalue weighted by atomic mass is 79.9. The Morgan fingerprint density at radius 1 is 1.43 bits per heavy atom. The van der Waals surface area contributed by atoms with Crippen LogP contribution in [0.4, 0.5) is 14.5 Å². The molecule has 0 fully saturated rings. The number of halogens is 4. The summed E-state index contributed by atoms with van der Waals surface area (Å²) < 4.78 is 34.7. The van der Waals surface area contributed by atoms with Gasteiger partial charge in [0.1, 0.15) is 6.61 Å². The van der Waals surface area contributed by atoms with Crippen molar-refractivity contribution in [1.82, 2.24) is 0 Å². The Labute approximate surface area is 134 Å². The van der Waals surface area contributed by atoms with Crippen LogP contribution in [0.5, 0.6) is 5.75 Å². The lowest BCUT2D eigenvalue weighted by Gasteiger charge is -2.19. The van der Waals surface area contributed by atoms with Gasteiger partial charge < -0.3 is 14.8 Å². The summed E-state index contributed by atoms with van der Waals surface area (Å²) in [6, 6.07) is 2.71. The molecule has 0 heterocycles. The molecule has 0 aromatic heterocycles. The Hall–Kier alpha value is -0.920. The molecule has 0 aliphatic heterocycles. The fourth-order valence-electron chi connectivity index (χ4n) is 1.33. The maximum Gasteiger partial charge on any atom is 0.387 e. The van der Waals surface area contributed by atoms with Crippen LogP contribution < -0.4 is 10.1 Å². The predicted molar refractivity (Wildman–Crippen MR) is 80.1 cm³/mol. The van der Waals surface area contributed by atoms with Gasteiger partial charge in [0.2, 0.25) is 0 Å². The van der Waals surface area contributed by atoms with Gasteiger partial charge in [-0.05, 0) is 48.8 Å². The van der Waals surface area contributed by atoms with Gasteiger partial charge in [-0.25, -0.2) is 0 Å². The number of hydrogen-bond acceptors (Lipinski definition) is 3. The molecule has 0 bridgehead atoms. The molecule has 0 spiro atoms. The summed E-state index contributed by atoms with van der Waals surface area (Å²) >= 11 is 8.90. The van der Waals surface area contributed by atoms with Crippen molar-refractivity contribution in [2.24, 2.45) is 0 Å². The number of nitrogens with one attached hydrogen (secondary N) is 1. The van der Waals surface area contributed by atoms with Crippen molar-refractivity contribution < 1.29 is 23.0 Å². The van der Waals surface area contributed by atoms with E-state index in [2.05, 4.69) is 26.0 Å². The van der Waals surface area contributed by atoms with E-state index in [0.717, 1.165) is 0 Å². The standard InChI is InChI=1S/C13H15BrClF2NO3/c1-13(2,3)20-6-10(19)18-9-5-7(15)4-8(14)11(9)21-12(16)17/h4-5,12H,6H2,1-3H3,(H,18,19). The number of benzene rings is 1. The van der Waals surface area contributed by atoms with Crippen LogP contribution >= 0.6 is 27.5 Å². The van der Waals surface area contributed by atoms with E-state index in [1.165, 1.54) is 12.1 Å². The van der Waals surface area contributed by atoms with Gasteiger partial charge >= 0.3 is 6.61 Å². The van der Waals surface area contributed by atoms with Crippen molar-refractivity contribution in [3.63, 3.8) is 0 Å². The normalized spacial score (nSPS) is 11.6. The van der Waals surface area contributed by atoms with Crippen LogP contribution in [-0.2, 0) is 9.53 Å². The van der Waals surface area contributed by atoms with Crippen molar-refractivity contribution in [3.8, 4) is 5.75 Å². The molecule has 1 amide bonds. The quantitative estimate of drug-likeness (QED) is 0.813. The lowest BCUT2D eigenvalue weighted by Crippen LogP contribution is -2.27. The minimum absolute atomic E-state index is 0.0391. The Morgan fingerprint density at radius 3 is 2.57 bits per heavy atom. The second-order valence-electron chi connectivity index (χ2n) is 5.09. The van der Waals surface area contributed by atoms with E-state index < -0.39 is 18.1 Å². The first-order valence-electron chi connectivity index (χ1n) is 5.96. The summed E-state index contributed by atoms with van der Waals surface area (Å²) in [6.45, 7) is 2.14. The molecule has 0 saturated heterocycles. The largest absolute Gasteiger partial charge is 0.431 e. The molecule has 21 heavy (non-hydrogen) atoms. The minimum atomic E-state index is -3.02. The van der Waals surface area contributed by atoms with Crippen molar-refractivity contribution in [1.29, 1.82) is 0 Å². The molecule has 1 aromatic rings. The van der Waals surface area contributed by atoms with Gasteiger partial charge in [-0.3, -0.25) is 4.79 Å². The number of amides is 1. The molecule has 0 aliphatic rings. The van der Waals surface area contributed by atoms with Crippen LogP contribution in [0.25, 0.3) is 0 Å². The van der Waals surface area contributed by atoms with Crippen LogP contribution in [0.1, 0.15) is 20.8 Å². The van der Waals surface area contributed by atoms with E-state index in [-0.39, 0.29) is 27.5 Å². The maximum absolute atomic E-state index is 12.4. The number of carbonyl (C=O) groups excluding carboxylic acids is 1. The van der Waals surface area contributed by atoms with E-state index in [1.807, 2.05) is 0 Å². The Balaban J connectivity index is 2.88. The lowest BCUT2D eigenvalue weighted by molar-refractivity contribution is -0.125. The topological polar surface area (TPSA) is 47.6 Å².